The fourth-order valence-corrected chi connectivity index (χ4v) is 4.06. The Balaban J connectivity index is 1.73. The maximum Gasteiger partial charge on any atom is 0.191 e. The van der Waals surface area contributed by atoms with Gasteiger partial charge in [-0.1, -0.05) is 12.1 Å². The molecule has 1 heterocycles. The number of hydrogen-bond donors (Lipinski definition) is 2. The van der Waals surface area contributed by atoms with Crippen molar-refractivity contribution in [1.29, 1.82) is 0 Å². The summed E-state index contributed by atoms with van der Waals surface area (Å²) in [6.07, 6.45) is 8.90. The maximum absolute atomic E-state index is 6.36. The van der Waals surface area contributed by atoms with Crippen molar-refractivity contribution in [2.24, 2.45) is 12.0 Å². The molecular formula is C24H38N6O2. The van der Waals surface area contributed by atoms with Crippen LogP contribution in [0.15, 0.2) is 35.6 Å². The molecule has 1 aromatic carbocycles. The second-order valence-corrected chi connectivity index (χ2v) is 8.48. The summed E-state index contributed by atoms with van der Waals surface area (Å²) in [4.78, 5) is 7.03. The Morgan fingerprint density at radius 2 is 2.06 bits per heavy atom. The van der Waals surface area contributed by atoms with Crippen LogP contribution in [0.25, 0.3) is 0 Å². The van der Waals surface area contributed by atoms with Crippen LogP contribution in [0.1, 0.15) is 49.8 Å². The third kappa shape index (κ3) is 6.38. The zero-order valence-electron chi connectivity index (χ0n) is 20.1. The zero-order chi connectivity index (χ0) is 22.9. The van der Waals surface area contributed by atoms with Gasteiger partial charge in [0.25, 0.3) is 0 Å². The number of aromatic nitrogens is 2. The predicted octanol–water partition coefficient (Wildman–Crippen LogP) is 3.11. The molecule has 0 bridgehead atoms. The topological polar surface area (TPSA) is 75.9 Å². The van der Waals surface area contributed by atoms with Gasteiger partial charge in [-0.15, -0.1) is 0 Å². The van der Waals surface area contributed by atoms with Crippen molar-refractivity contribution < 1.29 is 9.47 Å². The fourth-order valence-electron chi connectivity index (χ4n) is 4.06. The van der Waals surface area contributed by atoms with Gasteiger partial charge in [-0.2, -0.15) is 5.10 Å². The number of para-hydroxylation sites is 1. The molecule has 1 aliphatic carbocycles. The molecule has 8 heteroatoms. The zero-order valence-corrected chi connectivity index (χ0v) is 20.1. The van der Waals surface area contributed by atoms with Gasteiger partial charge in [-0.25, -0.2) is 4.99 Å². The van der Waals surface area contributed by atoms with Crippen LogP contribution < -0.4 is 20.1 Å². The van der Waals surface area contributed by atoms with Gasteiger partial charge in [0.05, 0.1) is 32.0 Å². The summed E-state index contributed by atoms with van der Waals surface area (Å²) in [6, 6.07) is 6.20. The molecule has 1 fully saturated rings. The van der Waals surface area contributed by atoms with Gasteiger partial charge in [0.15, 0.2) is 17.5 Å². The Morgan fingerprint density at radius 3 is 2.69 bits per heavy atom. The summed E-state index contributed by atoms with van der Waals surface area (Å²) >= 11 is 0. The van der Waals surface area contributed by atoms with Gasteiger partial charge in [0, 0.05) is 37.5 Å². The number of aliphatic imine (C=N–C) groups is 1. The molecule has 32 heavy (non-hydrogen) atoms. The van der Waals surface area contributed by atoms with E-state index in [1.54, 1.807) is 7.11 Å². The van der Waals surface area contributed by atoms with Crippen LogP contribution >= 0.6 is 0 Å². The van der Waals surface area contributed by atoms with E-state index in [1.807, 2.05) is 30.1 Å². The largest absolute Gasteiger partial charge is 0.493 e. The Labute approximate surface area is 192 Å². The number of aryl methyl sites for hydroxylation is 1. The second-order valence-electron chi connectivity index (χ2n) is 8.48. The highest BCUT2D eigenvalue weighted by Crippen LogP contribution is 2.35. The molecule has 0 aliphatic heterocycles. The lowest BCUT2D eigenvalue weighted by atomic mass is 10.1. The average molecular weight is 443 g/mol. The van der Waals surface area contributed by atoms with Crippen molar-refractivity contribution in [2.75, 3.05) is 34.3 Å². The molecule has 1 aromatic heterocycles. The van der Waals surface area contributed by atoms with Crippen molar-refractivity contribution in [3.8, 4) is 11.5 Å². The molecule has 3 rings (SSSR count). The number of ether oxygens (including phenoxy) is 2. The van der Waals surface area contributed by atoms with Gasteiger partial charge in [-0.05, 0) is 52.8 Å². The lowest BCUT2D eigenvalue weighted by Gasteiger charge is -2.24. The van der Waals surface area contributed by atoms with Gasteiger partial charge in [0.2, 0.25) is 0 Å². The van der Waals surface area contributed by atoms with Crippen LogP contribution in [0.4, 0.5) is 0 Å². The van der Waals surface area contributed by atoms with Crippen LogP contribution in [0.2, 0.25) is 0 Å². The minimum atomic E-state index is 0.186. The lowest BCUT2D eigenvalue weighted by molar-refractivity contribution is 0.198. The summed E-state index contributed by atoms with van der Waals surface area (Å²) in [5.74, 6) is 2.37. The summed E-state index contributed by atoms with van der Waals surface area (Å²) in [5, 5.41) is 11.2. The van der Waals surface area contributed by atoms with Crippen LogP contribution in [-0.2, 0) is 13.6 Å². The van der Waals surface area contributed by atoms with E-state index in [2.05, 4.69) is 53.9 Å². The number of methoxy groups -OCH3 is 1. The molecule has 0 amide bonds. The third-order valence-electron chi connectivity index (χ3n) is 5.81. The van der Waals surface area contributed by atoms with Crippen LogP contribution in [0.5, 0.6) is 11.5 Å². The highest BCUT2D eigenvalue weighted by atomic mass is 16.5. The molecule has 1 aliphatic rings. The summed E-state index contributed by atoms with van der Waals surface area (Å²) in [6.45, 7) is 4.08. The summed E-state index contributed by atoms with van der Waals surface area (Å²) in [7, 11) is 7.78. The number of benzene rings is 1. The number of nitrogens with zero attached hydrogens (tertiary/aromatic N) is 4. The van der Waals surface area contributed by atoms with E-state index < -0.39 is 0 Å². The van der Waals surface area contributed by atoms with Crippen molar-refractivity contribution in [3.63, 3.8) is 0 Å². The molecule has 2 N–H and O–H groups in total. The van der Waals surface area contributed by atoms with Crippen LogP contribution in [0, 0.1) is 0 Å². The Hall–Kier alpha value is -2.74. The quantitative estimate of drug-likeness (QED) is 0.435. The normalized spacial score (nSPS) is 15.8. The van der Waals surface area contributed by atoms with Crippen molar-refractivity contribution in [1.82, 2.24) is 25.3 Å². The first-order chi connectivity index (χ1) is 15.5. The molecule has 8 nitrogen and oxygen atoms in total. The fraction of sp³-hybridized carbons (Fsp3) is 0.583. The van der Waals surface area contributed by atoms with E-state index in [4.69, 9.17) is 14.5 Å². The van der Waals surface area contributed by atoms with E-state index in [9.17, 15) is 0 Å². The van der Waals surface area contributed by atoms with E-state index >= 15 is 0 Å². The number of rotatable bonds is 10. The van der Waals surface area contributed by atoms with E-state index in [0.717, 1.165) is 42.4 Å². The monoisotopic (exact) mass is 442 g/mol. The van der Waals surface area contributed by atoms with Gasteiger partial charge < -0.3 is 25.0 Å². The SMILES string of the molecule is CCNC(=NCc1cccc(OC)c1OC1CCCC1)NCC(c1cnn(C)c1)N(C)C. The van der Waals surface area contributed by atoms with Gasteiger partial charge in [-0.3, -0.25) is 4.68 Å². The van der Waals surface area contributed by atoms with Crippen molar-refractivity contribution >= 4 is 5.96 Å². The molecular weight excluding hydrogens is 404 g/mol. The van der Waals surface area contributed by atoms with Crippen molar-refractivity contribution in [2.45, 2.75) is 51.3 Å². The van der Waals surface area contributed by atoms with Gasteiger partial charge in [0.1, 0.15) is 0 Å². The maximum atomic E-state index is 6.36. The van der Waals surface area contributed by atoms with E-state index in [0.29, 0.717) is 13.1 Å². The summed E-state index contributed by atoms with van der Waals surface area (Å²) in [5.41, 5.74) is 2.20. The molecule has 0 saturated heterocycles. The highest BCUT2D eigenvalue weighted by Gasteiger charge is 2.21. The Kier molecular flexibility index (Phi) is 8.79. The minimum Gasteiger partial charge on any atom is -0.493 e. The molecule has 1 unspecified atom stereocenters. The van der Waals surface area contributed by atoms with Gasteiger partial charge >= 0.3 is 0 Å². The number of hydrogen-bond acceptors (Lipinski definition) is 5. The molecule has 0 spiro atoms. The van der Waals surface area contributed by atoms with Crippen molar-refractivity contribution in [3.05, 3.63) is 41.7 Å². The lowest BCUT2D eigenvalue weighted by Crippen LogP contribution is -2.41. The van der Waals surface area contributed by atoms with E-state index in [-0.39, 0.29) is 12.1 Å². The highest BCUT2D eigenvalue weighted by molar-refractivity contribution is 5.79. The van der Waals surface area contributed by atoms with Crippen LogP contribution in [-0.4, -0.2) is 61.0 Å². The first kappa shape index (κ1) is 23.9. The third-order valence-corrected chi connectivity index (χ3v) is 5.81. The minimum absolute atomic E-state index is 0.186. The first-order valence-electron chi connectivity index (χ1n) is 11.5. The smallest absolute Gasteiger partial charge is 0.191 e. The number of guanidine groups is 1. The molecule has 1 atom stereocenters. The molecule has 0 radical (unpaired) electrons. The van der Waals surface area contributed by atoms with E-state index in [1.165, 1.54) is 18.4 Å². The molecule has 176 valence electrons. The molecule has 2 aromatic rings. The summed E-state index contributed by atoms with van der Waals surface area (Å²) < 4.78 is 13.8. The predicted molar refractivity (Wildman–Crippen MR) is 128 cm³/mol. The Morgan fingerprint density at radius 1 is 1.28 bits per heavy atom. The average Bonchev–Trinajstić information content (AvgIpc) is 3.44. The second kappa shape index (κ2) is 11.8. The van der Waals surface area contributed by atoms with Crippen LogP contribution in [0.3, 0.4) is 0 Å². The first-order valence-corrected chi connectivity index (χ1v) is 11.5. The number of nitrogens with one attached hydrogen (secondary N) is 2. The standard InChI is InChI=1S/C24H38N6O2/c1-6-25-24(27-16-21(29(2)3)19-15-28-30(4)17-19)26-14-18-10-9-13-22(31-5)23(18)32-20-11-7-8-12-20/h9-10,13,15,17,20-21H,6-8,11-12,14,16H2,1-5H3,(H2,25,26,27). The Bertz CT molecular complexity index is 873. The number of likely N-dealkylation sites (N-methyl/N-ethyl adjacent to an activating group) is 1. The molecule has 1 saturated carbocycles.